The molecule has 0 aromatic heterocycles. The monoisotopic (exact) mass is 515 g/mol. The van der Waals surface area contributed by atoms with Crippen LogP contribution >= 0.6 is 24.0 Å². The summed E-state index contributed by atoms with van der Waals surface area (Å²) in [7, 11) is 1.63. The van der Waals surface area contributed by atoms with Crippen LogP contribution < -0.4 is 15.4 Å². The van der Waals surface area contributed by atoms with E-state index in [0.717, 1.165) is 29.9 Å². The van der Waals surface area contributed by atoms with E-state index in [0.29, 0.717) is 32.1 Å². The fourth-order valence-electron chi connectivity index (χ4n) is 2.76. The van der Waals surface area contributed by atoms with Gasteiger partial charge in [-0.25, -0.2) is 0 Å². The first-order valence-electron chi connectivity index (χ1n) is 9.22. The molecule has 1 heterocycles. The Morgan fingerprint density at radius 1 is 1.29 bits per heavy atom. The fraction of sp³-hybridized carbons (Fsp3) is 0.632. The van der Waals surface area contributed by atoms with Gasteiger partial charge in [0.15, 0.2) is 5.96 Å². The number of hydrogen-bond acceptors (Lipinski definition) is 3. The third-order valence-corrected chi connectivity index (χ3v) is 4.25. The van der Waals surface area contributed by atoms with E-state index < -0.39 is 12.6 Å². The summed E-state index contributed by atoms with van der Waals surface area (Å²) in [6, 6.07) is 6.02. The third kappa shape index (κ3) is 9.31. The van der Waals surface area contributed by atoms with Gasteiger partial charge in [0.2, 0.25) is 0 Å². The fourth-order valence-corrected chi connectivity index (χ4v) is 2.76. The van der Waals surface area contributed by atoms with Gasteiger partial charge in [-0.3, -0.25) is 4.99 Å². The molecule has 0 spiro atoms. The number of nitrogens with one attached hydrogen (secondary N) is 2. The first-order valence-corrected chi connectivity index (χ1v) is 9.22. The van der Waals surface area contributed by atoms with E-state index in [2.05, 4.69) is 15.6 Å². The number of nitrogens with zero attached hydrogens (tertiary/aromatic N) is 1. The molecule has 1 aromatic rings. The Morgan fingerprint density at radius 2 is 2.07 bits per heavy atom. The highest BCUT2D eigenvalue weighted by Gasteiger charge is 2.25. The van der Waals surface area contributed by atoms with Crippen LogP contribution in [0.2, 0.25) is 0 Å². The number of alkyl halides is 3. The van der Waals surface area contributed by atoms with Crippen LogP contribution in [-0.2, 0) is 11.3 Å². The number of aliphatic imine (C=N–C) groups is 1. The summed E-state index contributed by atoms with van der Waals surface area (Å²) in [5.41, 5.74) is 2.10. The minimum Gasteiger partial charge on any atom is -0.488 e. The Bertz CT molecular complexity index is 621. The summed E-state index contributed by atoms with van der Waals surface area (Å²) >= 11 is 0. The molecule has 5 nitrogen and oxygen atoms in total. The Morgan fingerprint density at radius 3 is 2.71 bits per heavy atom. The van der Waals surface area contributed by atoms with Crippen LogP contribution in [0.15, 0.2) is 23.2 Å². The number of halogens is 4. The van der Waals surface area contributed by atoms with Gasteiger partial charge >= 0.3 is 6.18 Å². The number of ether oxygens (including phenoxy) is 2. The topological polar surface area (TPSA) is 54.9 Å². The van der Waals surface area contributed by atoms with Crippen molar-refractivity contribution in [2.75, 3.05) is 26.8 Å². The van der Waals surface area contributed by atoms with Crippen molar-refractivity contribution in [3.05, 3.63) is 29.3 Å². The zero-order chi connectivity index (χ0) is 19.7. The normalized spacial score (nSPS) is 17.2. The first-order chi connectivity index (χ1) is 12.9. The number of benzene rings is 1. The predicted molar refractivity (Wildman–Crippen MR) is 115 cm³/mol. The van der Waals surface area contributed by atoms with Crippen LogP contribution in [0.3, 0.4) is 0 Å². The average molecular weight is 515 g/mol. The summed E-state index contributed by atoms with van der Waals surface area (Å²) in [5, 5.41) is 6.22. The lowest BCUT2D eigenvalue weighted by Gasteiger charge is -2.18. The molecule has 1 fully saturated rings. The molecule has 1 unspecified atom stereocenters. The van der Waals surface area contributed by atoms with Crippen LogP contribution in [0.4, 0.5) is 13.2 Å². The Hall–Kier alpha value is -1.23. The quantitative estimate of drug-likeness (QED) is 0.236. The summed E-state index contributed by atoms with van der Waals surface area (Å²) in [5.74, 6) is 1.37. The van der Waals surface area contributed by atoms with Crippen molar-refractivity contribution in [2.45, 2.75) is 51.4 Å². The highest BCUT2D eigenvalue weighted by atomic mass is 127. The molecule has 0 radical (unpaired) electrons. The van der Waals surface area contributed by atoms with E-state index in [-0.39, 0.29) is 36.5 Å². The van der Waals surface area contributed by atoms with E-state index in [9.17, 15) is 13.2 Å². The van der Waals surface area contributed by atoms with Gasteiger partial charge in [0.1, 0.15) is 11.9 Å². The van der Waals surface area contributed by atoms with E-state index >= 15 is 0 Å². The number of hydrogen-bond donors (Lipinski definition) is 2. The molecule has 2 rings (SSSR count). The third-order valence-electron chi connectivity index (χ3n) is 4.25. The highest BCUT2D eigenvalue weighted by molar-refractivity contribution is 14.0. The molecule has 1 aliphatic rings. The molecule has 1 aliphatic heterocycles. The maximum atomic E-state index is 12.2. The van der Waals surface area contributed by atoms with Gasteiger partial charge in [-0.05, 0) is 31.4 Å². The minimum absolute atomic E-state index is 0. The number of aryl methyl sites for hydroxylation is 1. The lowest BCUT2D eigenvalue weighted by Crippen LogP contribution is -2.37. The zero-order valence-corrected chi connectivity index (χ0v) is 18.6. The largest absolute Gasteiger partial charge is 0.488 e. The minimum atomic E-state index is -4.09. The lowest BCUT2D eigenvalue weighted by molar-refractivity contribution is -0.135. The molecule has 0 aliphatic carbocycles. The predicted octanol–water partition coefficient (Wildman–Crippen LogP) is 4.18. The molecule has 1 aromatic carbocycles. The van der Waals surface area contributed by atoms with E-state index in [1.807, 2.05) is 25.1 Å². The summed E-state index contributed by atoms with van der Waals surface area (Å²) < 4.78 is 47.9. The highest BCUT2D eigenvalue weighted by Crippen LogP contribution is 2.24. The van der Waals surface area contributed by atoms with Crippen LogP contribution in [-0.4, -0.2) is 45.0 Å². The van der Waals surface area contributed by atoms with Gasteiger partial charge in [-0.1, -0.05) is 12.1 Å². The number of unbranched alkanes of at least 4 members (excludes halogenated alkanes) is 1. The van der Waals surface area contributed by atoms with Crippen molar-refractivity contribution in [3.8, 4) is 5.75 Å². The van der Waals surface area contributed by atoms with Gasteiger partial charge in [0.05, 0.1) is 13.2 Å². The maximum absolute atomic E-state index is 12.2. The van der Waals surface area contributed by atoms with Crippen molar-refractivity contribution >= 4 is 29.9 Å². The van der Waals surface area contributed by atoms with Crippen LogP contribution in [0, 0.1) is 6.92 Å². The molecular weight excluding hydrogens is 486 g/mol. The van der Waals surface area contributed by atoms with E-state index in [4.69, 9.17) is 9.47 Å². The standard InChI is InChI=1S/C19H28F3N3O2.HI/c1-14-5-6-15(17(11-14)27-16-7-10-26-13-16)12-25-18(23-2)24-9-4-3-8-19(20,21)22;/h5-6,11,16H,3-4,7-10,12-13H2,1-2H3,(H2,23,24,25);1H. The summed E-state index contributed by atoms with van der Waals surface area (Å²) in [6.45, 7) is 4.27. The molecular formula is C19H29F3IN3O2. The van der Waals surface area contributed by atoms with E-state index in [1.54, 1.807) is 7.05 Å². The molecule has 1 saturated heterocycles. The molecule has 2 N–H and O–H groups in total. The first kappa shape index (κ1) is 24.8. The average Bonchev–Trinajstić information content (AvgIpc) is 3.11. The van der Waals surface area contributed by atoms with Crippen molar-refractivity contribution in [1.82, 2.24) is 10.6 Å². The molecule has 160 valence electrons. The molecule has 1 atom stereocenters. The van der Waals surface area contributed by atoms with Crippen molar-refractivity contribution < 1.29 is 22.6 Å². The van der Waals surface area contributed by atoms with Crippen molar-refractivity contribution in [1.29, 1.82) is 0 Å². The number of rotatable bonds is 8. The van der Waals surface area contributed by atoms with Crippen molar-refractivity contribution in [3.63, 3.8) is 0 Å². The van der Waals surface area contributed by atoms with Gasteiger partial charge in [-0.2, -0.15) is 13.2 Å². The SMILES string of the molecule is CN=C(NCCCCC(F)(F)F)NCc1ccc(C)cc1OC1CCOC1.I. The van der Waals surface area contributed by atoms with Crippen LogP contribution in [0.5, 0.6) is 5.75 Å². The van der Waals surface area contributed by atoms with Gasteiger partial charge in [0.25, 0.3) is 0 Å². The Balaban J connectivity index is 0.00000392. The molecule has 9 heteroatoms. The van der Waals surface area contributed by atoms with Gasteiger partial charge in [-0.15, -0.1) is 24.0 Å². The molecule has 0 amide bonds. The summed E-state index contributed by atoms with van der Waals surface area (Å²) in [6.07, 6.45) is -3.37. The zero-order valence-electron chi connectivity index (χ0n) is 16.3. The second-order valence-corrected chi connectivity index (χ2v) is 6.64. The van der Waals surface area contributed by atoms with Crippen molar-refractivity contribution in [2.24, 2.45) is 4.99 Å². The second-order valence-electron chi connectivity index (χ2n) is 6.64. The van der Waals surface area contributed by atoms with Gasteiger partial charge < -0.3 is 20.1 Å². The maximum Gasteiger partial charge on any atom is 0.389 e. The van der Waals surface area contributed by atoms with Crippen LogP contribution in [0.1, 0.15) is 36.8 Å². The molecule has 28 heavy (non-hydrogen) atoms. The molecule has 0 saturated carbocycles. The second kappa shape index (κ2) is 12.4. The smallest absolute Gasteiger partial charge is 0.389 e. The Kier molecular flexibility index (Phi) is 10.9. The van der Waals surface area contributed by atoms with Gasteiger partial charge in [0, 0.05) is 38.5 Å². The lowest BCUT2D eigenvalue weighted by atomic mass is 10.1. The summed E-state index contributed by atoms with van der Waals surface area (Å²) in [4.78, 5) is 4.11. The number of guanidine groups is 1. The Labute approximate surface area is 181 Å². The van der Waals surface area contributed by atoms with Crippen LogP contribution in [0.25, 0.3) is 0 Å². The van der Waals surface area contributed by atoms with E-state index in [1.165, 1.54) is 0 Å². The molecule has 0 bridgehead atoms.